The van der Waals surface area contributed by atoms with Crippen molar-refractivity contribution in [1.29, 1.82) is 0 Å². The molecule has 3 nitrogen and oxygen atoms in total. The summed E-state index contributed by atoms with van der Waals surface area (Å²) in [6.45, 7) is -0.719. The molecule has 0 bridgehead atoms. The molecular weight excluding hydrogens is 276 g/mol. The fourth-order valence-electron chi connectivity index (χ4n) is 2.83. The van der Waals surface area contributed by atoms with Crippen molar-refractivity contribution in [3.05, 3.63) is 29.8 Å². The highest BCUT2D eigenvalue weighted by Crippen LogP contribution is 2.29. The van der Waals surface area contributed by atoms with E-state index in [9.17, 15) is 13.6 Å². The van der Waals surface area contributed by atoms with E-state index in [0.717, 1.165) is 25.7 Å². The van der Waals surface area contributed by atoms with Crippen LogP contribution in [0, 0.1) is 5.92 Å². The van der Waals surface area contributed by atoms with Crippen molar-refractivity contribution in [2.24, 2.45) is 5.92 Å². The minimum Gasteiger partial charge on any atom is -0.434 e. The summed E-state index contributed by atoms with van der Waals surface area (Å²) in [4.78, 5) is 14.2. The molecule has 1 aliphatic carbocycles. The molecule has 0 aromatic heterocycles. The number of hydrogen-bond donors (Lipinski definition) is 0. The van der Waals surface area contributed by atoms with Crippen LogP contribution in [-0.4, -0.2) is 30.5 Å². The number of amides is 1. The Morgan fingerprint density at radius 3 is 2.48 bits per heavy atom. The first-order valence-corrected chi connectivity index (χ1v) is 7.30. The van der Waals surface area contributed by atoms with E-state index < -0.39 is 6.61 Å². The maximum absolute atomic E-state index is 12.5. The number of carbonyl (C=O) groups is 1. The van der Waals surface area contributed by atoms with Crippen LogP contribution in [0.25, 0.3) is 0 Å². The van der Waals surface area contributed by atoms with Gasteiger partial charge in [0, 0.05) is 13.1 Å². The molecule has 0 N–H and O–H groups in total. The van der Waals surface area contributed by atoms with Crippen molar-refractivity contribution in [1.82, 2.24) is 4.90 Å². The summed E-state index contributed by atoms with van der Waals surface area (Å²) in [6, 6.07) is 6.34. The van der Waals surface area contributed by atoms with Crippen LogP contribution >= 0.6 is 0 Å². The van der Waals surface area contributed by atoms with Gasteiger partial charge in [-0.05, 0) is 43.7 Å². The molecular formula is C16H21F2NO2. The predicted octanol–water partition coefficient (Wildman–Crippen LogP) is 3.94. The zero-order valence-electron chi connectivity index (χ0n) is 12.4. The van der Waals surface area contributed by atoms with Crippen LogP contribution in [0.5, 0.6) is 5.75 Å². The van der Waals surface area contributed by atoms with Gasteiger partial charge in [0.25, 0.3) is 5.91 Å². The molecule has 1 aromatic carbocycles. The number of para-hydroxylation sites is 1. The van der Waals surface area contributed by atoms with Gasteiger partial charge >= 0.3 is 6.61 Å². The van der Waals surface area contributed by atoms with E-state index >= 15 is 0 Å². The van der Waals surface area contributed by atoms with E-state index in [2.05, 4.69) is 11.7 Å². The summed E-state index contributed by atoms with van der Waals surface area (Å²) in [7, 11) is 1.74. The lowest BCUT2D eigenvalue weighted by Gasteiger charge is -2.33. The van der Waals surface area contributed by atoms with Crippen molar-refractivity contribution in [3.8, 4) is 5.75 Å². The molecule has 5 heteroatoms. The Hall–Kier alpha value is -1.65. The van der Waals surface area contributed by atoms with E-state index in [4.69, 9.17) is 0 Å². The molecule has 1 aromatic rings. The lowest BCUT2D eigenvalue weighted by Crippen LogP contribution is -2.39. The molecule has 0 atom stereocenters. The van der Waals surface area contributed by atoms with Gasteiger partial charge in [-0.1, -0.05) is 19.1 Å². The average Bonchev–Trinajstić information content (AvgIpc) is 2.46. The highest BCUT2D eigenvalue weighted by atomic mass is 19.3. The SMILES string of the molecule is CC1CCC(N(C)C(=O)c2ccccc2OC(F)F)CC1. The summed E-state index contributed by atoms with van der Waals surface area (Å²) in [6.07, 6.45) is 4.11. The molecule has 0 heterocycles. The molecule has 21 heavy (non-hydrogen) atoms. The van der Waals surface area contributed by atoms with Gasteiger partial charge in [0.05, 0.1) is 5.56 Å². The van der Waals surface area contributed by atoms with Gasteiger partial charge in [0.2, 0.25) is 0 Å². The molecule has 0 saturated heterocycles. The standard InChI is InChI=1S/C16H21F2NO2/c1-11-7-9-12(10-8-11)19(2)15(20)13-5-3-4-6-14(13)21-16(17)18/h3-6,11-12,16H,7-10H2,1-2H3. The lowest BCUT2D eigenvalue weighted by molar-refractivity contribution is -0.0503. The normalized spacial score (nSPS) is 22.1. The third kappa shape index (κ3) is 3.93. The molecule has 116 valence electrons. The van der Waals surface area contributed by atoms with Crippen molar-refractivity contribution < 1.29 is 18.3 Å². The first-order valence-electron chi connectivity index (χ1n) is 7.30. The smallest absolute Gasteiger partial charge is 0.387 e. The molecule has 1 saturated carbocycles. The second-order valence-corrected chi connectivity index (χ2v) is 5.70. The number of halogens is 2. The summed E-state index contributed by atoms with van der Waals surface area (Å²) < 4.78 is 29.3. The highest BCUT2D eigenvalue weighted by Gasteiger charge is 2.27. The van der Waals surface area contributed by atoms with Crippen LogP contribution in [0.2, 0.25) is 0 Å². The second kappa shape index (κ2) is 6.87. The van der Waals surface area contributed by atoms with Gasteiger partial charge in [-0.3, -0.25) is 4.79 Å². The van der Waals surface area contributed by atoms with Crippen molar-refractivity contribution in [2.45, 2.75) is 45.3 Å². The Morgan fingerprint density at radius 2 is 1.86 bits per heavy atom. The number of carbonyl (C=O) groups excluding carboxylic acids is 1. The zero-order valence-corrected chi connectivity index (χ0v) is 12.4. The Labute approximate surface area is 123 Å². The van der Waals surface area contributed by atoms with Crippen LogP contribution in [0.3, 0.4) is 0 Å². The van der Waals surface area contributed by atoms with E-state index in [1.54, 1.807) is 24.1 Å². The molecule has 0 radical (unpaired) electrons. The highest BCUT2D eigenvalue weighted by molar-refractivity contribution is 5.97. The maximum atomic E-state index is 12.5. The molecule has 1 amide bonds. The van der Waals surface area contributed by atoms with E-state index in [1.807, 2.05) is 0 Å². The van der Waals surface area contributed by atoms with Gasteiger partial charge in [0.1, 0.15) is 5.75 Å². The number of hydrogen-bond acceptors (Lipinski definition) is 2. The van der Waals surface area contributed by atoms with Gasteiger partial charge < -0.3 is 9.64 Å². The van der Waals surface area contributed by atoms with Gasteiger partial charge in [-0.2, -0.15) is 8.78 Å². The van der Waals surface area contributed by atoms with Crippen molar-refractivity contribution in [2.75, 3.05) is 7.05 Å². The Morgan fingerprint density at radius 1 is 1.24 bits per heavy atom. The first kappa shape index (κ1) is 15.7. The second-order valence-electron chi connectivity index (χ2n) is 5.70. The zero-order chi connectivity index (χ0) is 15.4. The third-order valence-electron chi connectivity index (χ3n) is 4.19. The number of rotatable bonds is 4. The molecule has 0 unspecified atom stereocenters. The average molecular weight is 297 g/mol. The topological polar surface area (TPSA) is 29.5 Å². The Bertz CT molecular complexity index is 485. The van der Waals surface area contributed by atoms with Gasteiger partial charge in [0.15, 0.2) is 0 Å². The Balaban J connectivity index is 2.12. The monoisotopic (exact) mass is 297 g/mol. The van der Waals surface area contributed by atoms with Crippen molar-refractivity contribution in [3.63, 3.8) is 0 Å². The molecule has 0 spiro atoms. The number of alkyl halides is 2. The number of ether oxygens (including phenoxy) is 1. The largest absolute Gasteiger partial charge is 0.434 e. The van der Waals surface area contributed by atoms with Crippen LogP contribution in [0.15, 0.2) is 24.3 Å². The number of nitrogens with zero attached hydrogens (tertiary/aromatic N) is 1. The minimum atomic E-state index is -2.93. The summed E-state index contributed by atoms with van der Waals surface area (Å²) in [5, 5.41) is 0. The van der Waals surface area contributed by atoms with Crippen molar-refractivity contribution >= 4 is 5.91 Å². The van der Waals surface area contributed by atoms with E-state index in [0.29, 0.717) is 5.92 Å². The van der Waals surface area contributed by atoms with Gasteiger partial charge in [-0.15, -0.1) is 0 Å². The molecule has 1 aliphatic rings. The maximum Gasteiger partial charge on any atom is 0.387 e. The third-order valence-corrected chi connectivity index (χ3v) is 4.19. The molecule has 0 aliphatic heterocycles. The minimum absolute atomic E-state index is 0.0615. The van der Waals surface area contributed by atoms with Crippen LogP contribution in [-0.2, 0) is 0 Å². The Kier molecular flexibility index (Phi) is 5.15. The fraction of sp³-hybridized carbons (Fsp3) is 0.562. The van der Waals surface area contributed by atoms with Crippen LogP contribution in [0.4, 0.5) is 8.78 Å². The predicted molar refractivity (Wildman–Crippen MR) is 76.6 cm³/mol. The first-order chi connectivity index (χ1) is 9.99. The van der Waals surface area contributed by atoms with E-state index in [1.165, 1.54) is 12.1 Å². The lowest BCUT2D eigenvalue weighted by atomic mass is 9.86. The molecule has 2 rings (SSSR count). The number of benzene rings is 1. The summed E-state index contributed by atoms with van der Waals surface area (Å²) >= 11 is 0. The van der Waals surface area contributed by atoms with Crippen LogP contribution < -0.4 is 4.74 Å². The quantitative estimate of drug-likeness (QED) is 0.842. The van der Waals surface area contributed by atoms with Gasteiger partial charge in [-0.25, -0.2) is 0 Å². The van der Waals surface area contributed by atoms with E-state index in [-0.39, 0.29) is 23.3 Å². The summed E-state index contributed by atoms with van der Waals surface area (Å²) in [5.74, 6) is 0.374. The molecule has 1 fully saturated rings. The fourth-order valence-corrected chi connectivity index (χ4v) is 2.83. The van der Waals surface area contributed by atoms with Crippen LogP contribution in [0.1, 0.15) is 43.0 Å². The summed E-state index contributed by atoms with van der Waals surface area (Å²) in [5.41, 5.74) is 0.193.